The van der Waals surface area contributed by atoms with Gasteiger partial charge in [0.2, 0.25) is 0 Å². The van der Waals surface area contributed by atoms with Gasteiger partial charge in [-0.3, -0.25) is 4.98 Å². The molecule has 40 heavy (non-hydrogen) atoms. The molecule has 2 aliphatic heterocycles. The standard InChI is InChI=1S/C31H30Cl3N5S/c1-19-14-20(2)18-37(17-19)26-11-9-22(16-24(26)34)39-30(29(36-31(39)40)25-6-3-4-12-35-25)28-7-5-13-38(28)27-10-8-21(32)15-23(27)33/h3-13,15-16,19-20,29-30H,14,17-18H2,1-2H3,(H,36,40)/t19-,20+,29-,30-/m1/s1. The van der Waals surface area contributed by atoms with Crippen LogP contribution in [0.15, 0.2) is 79.1 Å². The molecule has 0 bridgehead atoms. The number of rotatable bonds is 5. The van der Waals surface area contributed by atoms with Crippen molar-refractivity contribution in [3.8, 4) is 5.69 Å². The van der Waals surface area contributed by atoms with E-state index in [0.29, 0.717) is 27.0 Å². The van der Waals surface area contributed by atoms with Gasteiger partial charge >= 0.3 is 0 Å². The SMILES string of the molecule is C[C@@H]1C[C@H](C)CN(c2ccc(N3C(=S)N[C@H](c4ccccn4)[C@H]3c3cccn3-c3ccc(Cl)cc3Cl)cc2Cl)C1. The van der Waals surface area contributed by atoms with E-state index in [1.54, 1.807) is 12.3 Å². The molecule has 4 heterocycles. The van der Waals surface area contributed by atoms with E-state index in [-0.39, 0.29) is 12.1 Å². The summed E-state index contributed by atoms with van der Waals surface area (Å²) in [6, 6.07) is 21.4. The maximum Gasteiger partial charge on any atom is 0.174 e. The van der Waals surface area contributed by atoms with Gasteiger partial charge in [0.05, 0.1) is 33.2 Å². The van der Waals surface area contributed by atoms with Crippen molar-refractivity contribution >= 4 is 63.5 Å². The molecule has 2 fully saturated rings. The van der Waals surface area contributed by atoms with Gasteiger partial charge in [0.1, 0.15) is 6.04 Å². The Labute approximate surface area is 255 Å². The summed E-state index contributed by atoms with van der Waals surface area (Å²) in [4.78, 5) is 9.24. The van der Waals surface area contributed by atoms with Crippen molar-refractivity contribution < 1.29 is 0 Å². The van der Waals surface area contributed by atoms with Gasteiger partial charge in [0.15, 0.2) is 5.11 Å². The van der Waals surface area contributed by atoms with Crippen LogP contribution in [0.4, 0.5) is 11.4 Å². The third kappa shape index (κ3) is 5.18. The van der Waals surface area contributed by atoms with Gasteiger partial charge in [-0.2, -0.15) is 0 Å². The average Bonchev–Trinajstić information content (AvgIpc) is 3.52. The Morgan fingerprint density at radius 3 is 2.33 bits per heavy atom. The number of nitrogens with zero attached hydrogens (tertiary/aromatic N) is 4. The second-order valence-electron chi connectivity index (χ2n) is 10.9. The van der Waals surface area contributed by atoms with Crippen LogP contribution in [0.25, 0.3) is 5.69 Å². The van der Waals surface area contributed by atoms with Crippen molar-refractivity contribution in [2.24, 2.45) is 11.8 Å². The van der Waals surface area contributed by atoms with E-state index in [1.807, 2.05) is 48.7 Å². The van der Waals surface area contributed by atoms with E-state index >= 15 is 0 Å². The lowest BCUT2D eigenvalue weighted by Crippen LogP contribution is -2.38. The van der Waals surface area contributed by atoms with Crippen molar-refractivity contribution in [2.75, 3.05) is 22.9 Å². The van der Waals surface area contributed by atoms with E-state index in [0.717, 1.165) is 46.6 Å². The molecule has 6 rings (SSSR count). The van der Waals surface area contributed by atoms with Crippen molar-refractivity contribution in [1.82, 2.24) is 14.9 Å². The quantitative estimate of drug-likeness (QED) is 0.229. The zero-order chi connectivity index (χ0) is 28.0. The normalized spacial score (nSPS) is 23.0. The molecule has 0 saturated carbocycles. The van der Waals surface area contributed by atoms with Crippen LogP contribution < -0.4 is 15.1 Å². The Balaban J connectivity index is 1.44. The van der Waals surface area contributed by atoms with Gasteiger partial charge in [-0.05, 0) is 91.1 Å². The molecule has 2 saturated heterocycles. The van der Waals surface area contributed by atoms with E-state index in [2.05, 4.69) is 56.7 Å². The number of nitrogens with one attached hydrogen (secondary N) is 1. The number of hydrogen-bond acceptors (Lipinski definition) is 3. The first-order valence-corrected chi connectivity index (χ1v) is 15.0. The molecule has 5 nitrogen and oxygen atoms in total. The molecule has 4 atom stereocenters. The predicted octanol–water partition coefficient (Wildman–Crippen LogP) is 8.49. The highest BCUT2D eigenvalue weighted by Gasteiger charge is 2.42. The zero-order valence-electron chi connectivity index (χ0n) is 22.3. The lowest BCUT2D eigenvalue weighted by atomic mass is 9.91. The molecule has 2 aromatic carbocycles. The molecular formula is C31H30Cl3N5S. The Morgan fingerprint density at radius 1 is 0.875 bits per heavy atom. The average molecular weight is 611 g/mol. The summed E-state index contributed by atoms with van der Waals surface area (Å²) in [5.74, 6) is 1.26. The minimum Gasteiger partial charge on any atom is -0.370 e. The Kier molecular flexibility index (Phi) is 7.71. The molecule has 0 radical (unpaired) electrons. The second kappa shape index (κ2) is 11.2. The summed E-state index contributed by atoms with van der Waals surface area (Å²) in [5.41, 5.74) is 4.72. The number of pyridine rings is 1. The van der Waals surface area contributed by atoms with E-state index < -0.39 is 0 Å². The molecule has 0 amide bonds. The van der Waals surface area contributed by atoms with Crippen LogP contribution in [0, 0.1) is 11.8 Å². The Hall–Kier alpha value is -2.77. The van der Waals surface area contributed by atoms with Crippen molar-refractivity contribution in [2.45, 2.75) is 32.4 Å². The van der Waals surface area contributed by atoms with Gasteiger partial charge < -0.3 is 19.7 Å². The predicted molar refractivity (Wildman–Crippen MR) is 170 cm³/mol. The van der Waals surface area contributed by atoms with Crippen LogP contribution in [0.5, 0.6) is 0 Å². The molecule has 0 unspecified atom stereocenters. The molecule has 2 aliphatic rings. The van der Waals surface area contributed by atoms with E-state index in [1.165, 1.54) is 6.42 Å². The fourth-order valence-electron chi connectivity index (χ4n) is 6.23. The molecular weight excluding hydrogens is 581 g/mol. The van der Waals surface area contributed by atoms with Crippen molar-refractivity contribution in [3.05, 3.63) is 106 Å². The summed E-state index contributed by atoms with van der Waals surface area (Å²) >= 11 is 25.8. The zero-order valence-corrected chi connectivity index (χ0v) is 25.4. The molecule has 206 valence electrons. The smallest absolute Gasteiger partial charge is 0.174 e. The molecule has 9 heteroatoms. The summed E-state index contributed by atoms with van der Waals surface area (Å²) in [6.07, 6.45) is 5.06. The highest BCUT2D eigenvalue weighted by molar-refractivity contribution is 7.80. The van der Waals surface area contributed by atoms with Crippen LogP contribution in [0.2, 0.25) is 15.1 Å². The van der Waals surface area contributed by atoms with Gasteiger partial charge in [0.25, 0.3) is 0 Å². The molecule has 0 spiro atoms. The van der Waals surface area contributed by atoms with E-state index in [9.17, 15) is 0 Å². The molecule has 0 aliphatic carbocycles. The van der Waals surface area contributed by atoms with E-state index in [4.69, 9.17) is 47.0 Å². The lowest BCUT2D eigenvalue weighted by Gasteiger charge is -2.37. The second-order valence-corrected chi connectivity index (χ2v) is 12.5. The van der Waals surface area contributed by atoms with Gasteiger partial charge in [-0.25, -0.2) is 0 Å². The number of halogens is 3. The van der Waals surface area contributed by atoms with Gasteiger partial charge in [0, 0.05) is 41.9 Å². The third-order valence-corrected chi connectivity index (χ3v) is 8.92. The minimum atomic E-state index is -0.221. The van der Waals surface area contributed by atoms with Crippen LogP contribution in [-0.4, -0.2) is 27.8 Å². The number of hydrogen-bond donors (Lipinski definition) is 1. The maximum atomic E-state index is 6.99. The van der Waals surface area contributed by atoms with Crippen LogP contribution >= 0.6 is 47.0 Å². The first kappa shape index (κ1) is 27.4. The van der Waals surface area contributed by atoms with Crippen molar-refractivity contribution in [1.29, 1.82) is 0 Å². The fraction of sp³-hybridized carbons (Fsp3) is 0.290. The maximum absolute atomic E-state index is 6.99. The largest absolute Gasteiger partial charge is 0.370 e. The molecule has 1 N–H and O–H groups in total. The number of piperidine rings is 1. The van der Waals surface area contributed by atoms with Crippen molar-refractivity contribution in [3.63, 3.8) is 0 Å². The molecule has 4 aromatic rings. The Morgan fingerprint density at radius 2 is 1.62 bits per heavy atom. The van der Waals surface area contributed by atoms with Gasteiger partial charge in [-0.1, -0.05) is 54.7 Å². The first-order chi connectivity index (χ1) is 19.3. The topological polar surface area (TPSA) is 36.3 Å². The lowest BCUT2D eigenvalue weighted by molar-refractivity contribution is 0.357. The summed E-state index contributed by atoms with van der Waals surface area (Å²) in [6.45, 7) is 6.63. The highest BCUT2D eigenvalue weighted by Crippen LogP contribution is 2.44. The number of anilines is 2. The fourth-order valence-corrected chi connectivity index (χ4v) is 7.37. The number of benzene rings is 2. The first-order valence-electron chi connectivity index (χ1n) is 13.5. The van der Waals surface area contributed by atoms with Crippen LogP contribution in [-0.2, 0) is 0 Å². The summed E-state index contributed by atoms with van der Waals surface area (Å²) in [7, 11) is 0. The monoisotopic (exact) mass is 609 g/mol. The third-order valence-electron chi connectivity index (χ3n) is 7.77. The number of aromatic nitrogens is 2. The summed E-state index contributed by atoms with van der Waals surface area (Å²) in [5, 5.41) is 6.03. The number of thiocarbonyl (C=S) groups is 1. The minimum absolute atomic E-state index is 0.198. The summed E-state index contributed by atoms with van der Waals surface area (Å²) < 4.78 is 2.09. The Bertz CT molecular complexity index is 1530. The van der Waals surface area contributed by atoms with Crippen LogP contribution in [0.1, 0.15) is 43.7 Å². The van der Waals surface area contributed by atoms with Gasteiger partial charge in [-0.15, -0.1) is 0 Å². The van der Waals surface area contributed by atoms with Crippen LogP contribution in [0.3, 0.4) is 0 Å². The molecule has 2 aromatic heterocycles. The highest BCUT2D eigenvalue weighted by atomic mass is 35.5.